The van der Waals surface area contributed by atoms with E-state index in [1.54, 1.807) is 5.57 Å². The molecule has 0 spiro atoms. The molecule has 2 aliphatic rings. The fourth-order valence-corrected chi connectivity index (χ4v) is 4.44. The van der Waals surface area contributed by atoms with E-state index in [0.29, 0.717) is 5.41 Å². The maximum atomic E-state index is 2.53. The van der Waals surface area contributed by atoms with E-state index in [1.165, 1.54) is 37.7 Å². The molecule has 0 bridgehead atoms. The Balaban J connectivity index is 2.42. The normalized spacial score (nSPS) is 37.0. The Bertz CT molecular complexity index is 354. The molecule has 0 heteroatoms. The summed E-state index contributed by atoms with van der Waals surface area (Å²) in [5.41, 5.74) is 5.58. The monoisotopic (exact) mass is 232 g/mol. The Kier molecular flexibility index (Phi) is 3.52. The number of hydrogen-bond donors (Lipinski definition) is 0. The van der Waals surface area contributed by atoms with Crippen molar-refractivity contribution in [3.8, 4) is 0 Å². The highest BCUT2D eigenvalue weighted by Gasteiger charge is 2.47. The van der Waals surface area contributed by atoms with Crippen molar-refractivity contribution in [3.05, 3.63) is 22.8 Å². The number of allylic oxidation sites excluding steroid dienone is 4. The molecule has 0 aromatic heterocycles. The zero-order chi connectivity index (χ0) is 12.6. The minimum Gasteiger partial charge on any atom is -0.0798 e. The highest BCUT2D eigenvalue weighted by atomic mass is 14.5. The van der Waals surface area contributed by atoms with Crippen LogP contribution in [0.5, 0.6) is 0 Å². The molecule has 1 saturated carbocycles. The van der Waals surface area contributed by atoms with Crippen molar-refractivity contribution in [1.82, 2.24) is 0 Å². The van der Waals surface area contributed by atoms with E-state index < -0.39 is 0 Å². The fraction of sp³-hybridized carbons (Fsp3) is 0.765. The van der Waals surface area contributed by atoms with Crippen LogP contribution < -0.4 is 0 Å². The molecule has 17 heavy (non-hydrogen) atoms. The van der Waals surface area contributed by atoms with Gasteiger partial charge >= 0.3 is 0 Å². The molecule has 0 aromatic carbocycles. The maximum absolute atomic E-state index is 2.53. The van der Waals surface area contributed by atoms with Gasteiger partial charge in [0.15, 0.2) is 0 Å². The molecule has 0 aliphatic heterocycles. The number of hydrogen-bond acceptors (Lipinski definition) is 0. The molecular weight excluding hydrogens is 204 g/mol. The average Bonchev–Trinajstić information content (AvgIpc) is 2.62. The van der Waals surface area contributed by atoms with Crippen molar-refractivity contribution >= 4 is 0 Å². The summed E-state index contributed by atoms with van der Waals surface area (Å²) in [6, 6.07) is 0. The van der Waals surface area contributed by atoms with Gasteiger partial charge in [-0.15, -0.1) is 0 Å². The lowest BCUT2D eigenvalue weighted by atomic mass is 9.59. The summed E-state index contributed by atoms with van der Waals surface area (Å²) in [4.78, 5) is 0. The quantitative estimate of drug-likeness (QED) is 0.551. The van der Waals surface area contributed by atoms with Crippen LogP contribution in [-0.2, 0) is 0 Å². The molecule has 1 fully saturated rings. The standard InChI is InChI=1S/C17H28/c1-6-17-10-9-13(4)16(17)15(11-12(2)3)8-7-14(17)5/h11,14-15H,6-10H2,1-5H3/t14-,15+,17-/m1/s1. The largest absolute Gasteiger partial charge is 0.0798 e. The summed E-state index contributed by atoms with van der Waals surface area (Å²) in [7, 11) is 0. The van der Waals surface area contributed by atoms with Crippen LogP contribution in [0.25, 0.3) is 0 Å². The first-order valence-electron chi connectivity index (χ1n) is 7.36. The molecule has 0 nitrogen and oxygen atoms in total. The minimum atomic E-state index is 0.555. The van der Waals surface area contributed by atoms with Crippen molar-refractivity contribution < 1.29 is 0 Å². The van der Waals surface area contributed by atoms with Crippen LogP contribution in [0, 0.1) is 17.3 Å². The van der Waals surface area contributed by atoms with Gasteiger partial charge in [-0.1, -0.05) is 36.6 Å². The predicted octanol–water partition coefficient (Wildman–Crippen LogP) is 5.51. The van der Waals surface area contributed by atoms with E-state index in [1.807, 2.05) is 5.57 Å². The Morgan fingerprint density at radius 2 is 2.06 bits per heavy atom. The molecule has 0 heterocycles. The van der Waals surface area contributed by atoms with Crippen molar-refractivity contribution in [2.75, 3.05) is 0 Å². The molecule has 0 saturated heterocycles. The molecule has 3 atom stereocenters. The topological polar surface area (TPSA) is 0 Å². The Hall–Kier alpha value is -0.520. The predicted molar refractivity (Wildman–Crippen MR) is 76.0 cm³/mol. The summed E-state index contributed by atoms with van der Waals surface area (Å²) in [6.07, 6.45) is 9.42. The lowest BCUT2D eigenvalue weighted by Crippen LogP contribution is -2.35. The van der Waals surface area contributed by atoms with E-state index >= 15 is 0 Å². The van der Waals surface area contributed by atoms with Crippen molar-refractivity contribution in [2.45, 2.75) is 66.7 Å². The van der Waals surface area contributed by atoms with Crippen molar-refractivity contribution in [3.63, 3.8) is 0 Å². The molecule has 2 rings (SSSR count). The van der Waals surface area contributed by atoms with Gasteiger partial charge in [0.2, 0.25) is 0 Å². The van der Waals surface area contributed by atoms with E-state index in [4.69, 9.17) is 0 Å². The van der Waals surface area contributed by atoms with Gasteiger partial charge in [0.05, 0.1) is 0 Å². The van der Waals surface area contributed by atoms with Crippen LogP contribution in [0.3, 0.4) is 0 Å². The molecule has 0 amide bonds. The third-order valence-electron chi connectivity index (χ3n) is 5.33. The minimum absolute atomic E-state index is 0.555. The third-order valence-corrected chi connectivity index (χ3v) is 5.33. The first-order valence-corrected chi connectivity index (χ1v) is 7.36. The third kappa shape index (κ3) is 2.00. The van der Waals surface area contributed by atoms with Gasteiger partial charge < -0.3 is 0 Å². The maximum Gasteiger partial charge on any atom is -0.00125 e. The van der Waals surface area contributed by atoms with Gasteiger partial charge in [0, 0.05) is 0 Å². The lowest BCUT2D eigenvalue weighted by Gasteiger charge is -2.45. The molecule has 0 N–H and O–H groups in total. The Labute approximate surface area is 107 Å². The lowest BCUT2D eigenvalue weighted by molar-refractivity contribution is 0.154. The Morgan fingerprint density at radius 3 is 2.65 bits per heavy atom. The van der Waals surface area contributed by atoms with Crippen LogP contribution >= 0.6 is 0 Å². The van der Waals surface area contributed by atoms with Gasteiger partial charge in [-0.2, -0.15) is 0 Å². The molecule has 96 valence electrons. The smallest absolute Gasteiger partial charge is 0.00125 e. The second-order valence-corrected chi connectivity index (χ2v) is 6.53. The van der Waals surface area contributed by atoms with Gasteiger partial charge in [-0.3, -0.25) is 0 Å². The van der Waals surface area contributed by atoms with Gasteiger partial charge in [0.1, 0.15) is 0 Å². The highest BCUT2D eigenvalue weighted by Crippen LogP contribution is 2.58. The fourth-order valence-electron chi connectivity index (χ4n) is 4.44. The van der Waals surface area contributed by atoms with Crippen LogP contribution in [-0.4, -0.2) is 0 Å². The number of rotatable bonds is 2. The van der Waals surface area contributed by atoms with Crippen molar-refractivity contribution in [2.24, 2.45) is 17.3 Å². The summed E-state index contributed by atoms with van der Waals surface area (Å²) in [5, 5.41) is 0. The second kappa shape index (κ2) is 4.63. The van der Waals surface area contributed by atoms with E-state index in [-0.39, 0.29) is 0 Å². The molecule has 2 aliphatic carbocycles. The highest BCUT2D eigenvalue weighted by molar-refractivity contribution is 5.35. The summed E-state index contributed by atoms with van der Waals surface area (Å²) >= 11 is 0. The summed E-state index contributed by atoms with van der Waals surface area (Å²) in [6.45, 7) is 11.8. The summed E-state index contributed by atoms with van der Waals surface area (Å²) in [5.74, 6) is 1.64. The van der Waals surface area contributed by atoms with E-state index in [0.717, 1.165) is 11.8 Å². The first-order chi connectivity index (χ1) is 8.01. The van der Waals surface area contributed by atoms with Gasteiger partial charge in [0.25, 0.3) is 0 Å². The average molecular weight is 232 g/mol. The van der Waals surface area contributed by atoms with E-state index in [9.17, 15) is 0 Å². The Morgan fingerprint density at radius 1 is 1.35 bits per heavy atom. The summed E-state index contributed by atoms with van der Waals surface area (Å²) < 4.78 is 0. The molecule has 0 unspecified atom stereocenters. The van der Waals surface area contributed by atoms with Crippen LogP contribution in [0.1, 0.15) is 66.7 Å². The molecule has 0 aromatic rings. The van der Waals surface area contributed by atoms with Crippen LogP contribution in [0.15, 0.2) is 22.8 Å². The SMILES string of the molecule is CC[C@]12CCC(C)=C1[C@H](C=C(C)C)CC[C@H]2C. The van der Waals surface area contributed by atoms with Crippen LogP contribution in [0.2, 0.25) is 0 Å². The van der Waals surface area contributed by atoms with Crippen molar-refractivity contribution in [1.29, 1.82) is 0 Å². The zero-order valence-electron chi connectivity index (χ0n) is 12.3. The van der Waals surface area contributed by atoms with Crippen LogP contribution in [0.4, 0.5) is 0 Å². The number of fused-ring (bicyclic) bond motifs is 1. The second-order valence-electron chi connectivity index (χ2n) is 6.53. The first kappa shape index (κ1) is 12.9. The molecular formula is C17H28. The van der Waals surface area contributed by atoms with Gasteiger partial charge in [-0.05, 0) is 70.1 Å². The van der Waals surface area contributed by atoms with Gasteiger partial charge in [-0.25, -0.2) is 0 Å². The zero-order valence-corrected chi connectivity index (χ0v) is 12.3. The molecule has 0 radical (unpaired) electrons. The van der Waals surface area contributed by atoms with E-state index in [2.05, 4.69) is 40.7 Å².